The van der Waals surface area contributed by atoms with Crippen molar-refractivity contribution in [3.8, 4) is 11.5 Å². The minimum atomic E-state index is -2.94. The van der Waals surface area contributed by atoms with E-state index in [4.69, 9.17) is 4.74 Å². The molecule has 0 atom stereocenters. The largest absolute Gasteiger partial charge is 0.497 e. The summed E-state index contributed by atoms with van der Waals surface area (Å²) in [6, 6.07) is 12.2. The van der Waals surface area contributed by atoms with E-state index in [1.165, 1.54) is 13.2 Å². The van der Waals surface area contributed by atoms with Gasteiger partial charge in [-0.05, 0) is 43.2 Å². The normalized spacial score (nSPS) is 10.9. The number of halogens is 3. The van der Waals surface area contributed by atoms with Gasteiger partial charge >= 0.3 is 6.61 Å². The van der Waals surface area contributed by atoms with Gasteiger partial charge in [-0.2, -0.15) is 8.78 Å². The van der Waals surface area contributed by atoms with Gasteiger partial charge in [-0.1, -0.05) is 12.1 Å². The number of hydrogen-bond acceptors (Lipinski definition) is 4. The van der Waals surface area contributed by atoms with Gasteiger partial charge < -0.3 is 25.0 Å². The lowest BCUT2D eigenvalue weighted by molar-refractivity contribution is -0.0505. The molecule has 0 aromatic heterocycles. The van der Waals surface area contributed by atoms with Crippen LogP contribution in [0.25, 0.3) is 0 Å². The van der Waals surface area contributed by atoms with Crippen molar-refractivity contribution in [3.63, 3.8) is 0 Å². The number of rotatable bonds is 10. The van der Waals surface area contributed by atoms with Gasteiger partial charge in [-0.15, -0.1) is 24.0 Å². The fourth-order valence-electron chi connectivity index (χ4n) is 2.95. The number of nitrogens with zero attached hydrogens (tertiary/aromatic N) is 2. The smallest absolute Gasteiger partial charge is 0.387 e. The number of carbonyl (C=O) groups excluding carboxylic acids is 1. The molecule has 0 fully saturated rings. The molecule has 2 rings (SSSR count). The fraction of sp³-hybridized carbons (Fsp3) is 0.391. The van der Waals surface area contributed by atoms with E-state index in [0.717, 1.165) is 5.56 Å². The molecule has 0 radical (unpaired) electrons. The number of benzene rings is 2. The highest BCUT2D eigenvalue weighted by atomic mass is 127. The van der Waals surface area contributed by atoms with Gasteiger partial charge in [0.25, 0.3) is 5.91 Å². The first kappa shape index (κ1) is 28.4. The number of nitrogens with one attached hydrogen (secondary N) is 2. The Balaban J connectivity index is 0.00000544. The summed E-state index contributed by atoms with van der Waals surface area (Å²) in [7, 11) is 4.89. The summed E-state index contributed by atoms with van der Waals surface area (Å²) < 4.78 is 35.2. The Bertz CT molecular complexity index is 926. The molecular formula is C23H31F2IN4O3. The highest BCUT2D eigenvalue weighted by molar-refractivity contribution is 14.0. The van der Waals surface area contributed by atoms with E-state index in [-0.39, 0.29) is 42.2 Å². The number of amides is 1. The third-order valence-corrected chi connectivity index (χ3v) is 4.53. The van der Waals surface area contributed by atoms with Crippen LogP contribution in [-0.4, -0.2) is 57.7 Å². The number of aliphatic imine (C=N–C) groups is 1. The summed E-state index contributed by atoms with van der Waals surface area (Å²) >= 11 is 0. The lowest BCUT2D eigenvalue weighted by Gasteiger charge is -2.14. The molecule has 2 aromatic carbocycles. The predicted molar refractivity (Wildman–Crippen MR) is 136 cm³/mol. The second-order valence-electron chi connectivity index (χ2n) is 7.12. The maximum Gasteiger partial charge on any atom is 0.387 e. The minimum Gasteiger partial charge on any atom is -0.497 e. The molecule has 0 heterocycles. The number of guanidine groups is 1. The third-order valence-electron chi connectivity index (χ3n) is 4.53. The monoisotopic (exact) mass is 576 g/mol. The highest BCUT2D eigenvalue weighted by Gasteiger charge is 2.12. The Morgan fingerprint density at radius 1 is 1.15 bits per heavy atom. The summed E-state index contributed by atoms with van der Waals surface area (Å²) in [5.41, 5.74) is 2.17. The first-order valence-corrected chi connectivity index (χ1v) is 10.3. The van der Waals surface area contributed by atoms with Crippen LogP contribution in [0.15, 0.2) is 47.5 Å². The van der Waals surface area contributed by atoms with Gasteiger partial charge in [-0.25, -0.2) is 4.99 Å². The van der Waals surface area contributed by atoms with E-state index in [1.807, 2.05) is 25.1 Å². The van der Waals surface area contributed by atoms with Crippen LogP contribution in [0.2, 0.25) is 0 Å². The molecule has 7 nitrogen and oxygen atoms in total. The molecule has 33 heavy (non-hydrogen) atoms. The Hall–Kier alpha value is -2.63. The quantitative estimate of drug-likeness (QED) is 0.255. The molecule has 182 valence electrons. The summed E-state index contributed by atoms with van der Waals surface area (Å²) in [6.07, 6.45) is 0.682. The van der Waals surface area contributed by atoms with E-state index in [1.54, 1.807) is 37.2 Å². The Labute approximate surface area is 210 Å². The zero-order valence-electron chi connectivity index (χ0n) is 19.2. The number of carbonyl (C=O) groups is 1. The first-order valence-electron chi connectivity index (χ1n) is 10.3. The topological polar surface area (TPSA) is 75.2 Å². The number of methoxy groups -OCH3 is 1. The molecule has 0 aliphatic rings. The molecule has 10 heteroatoms. The van der Waals surface area contributed by atoms with Gasteiger partial charge in [0.1, 0.15) is 11.5 Å². The van der Waals surface area contributed by atoms with Crippen molar-refractivity contribution in [2.24, 2.45) is 4.99 Å². The van der Waals surface area contributed by atoms with Crippen molar-refractivity contribution in [2.75, 3.05) is 34.3 Å². The summed E-state index contributed by atoms with van der Waals surface area (Å²) in [5.74, 6) is 0.956. The van der Waals surface area contributed by atoms with Gasteiger partial charge in [0, 0.05) is 44.4 Å². The van der Waals surface area contributed by atoms with Crippen molar-refractivity contribution < 1.29 is 23.0 Å². The number of ether oxygens (including phenoxy) is 2. The van der Waals surface area contributed by atoms with Crippen LogP contribution in [0.5, 0.6) is 11.5 Å². The van der Waals surface area contributed by atoms with E-state index in [9.17, 15) is 13.6 Å². The van der Waals surface area contributed by atoms with Gasteiger partial charge in [-0.3, -0.25) is 4.79 Å². The minimum absolute atomic E-state index is 0. The van der Waals surface area contributed by atoms with Crippen molar-refractivity contribution in [2.45, 2.75) is 26.5 Å². The van der Waals surface area contributed by atoms with Crippen LogP contribution in [0.3, 0.4) is 0 Å². The average Bonchev–Trinajstić information content (AvgIpc) is 2.77. The van der Waals surface area contributed by atoms with E-state index in [0.29, 0.717) is 42.3 Å². The molecule has 2 N–H and O–H groups in total. The SMILES string of the molecule is CCNC(=NCc1ccc(OC)cc1OC(F)F)NCCc1cccc(C(=O)N(C)C)c1.I. The van der Waals surface area contributed by atoms with Crippen molar-refractivity contribution >= 4 is 35.8 Å². The summed E-state index contributed by atoms with van der Waals surface area (Å²) in [5, 5.41) is 6.35. The molecule has 0 bridgehead atoms. The zero-order chi connectivity index (χ0) is 23.5. The average molecular weight is 576 g/mol. The third kappa shape index (κ3) is 9.40. The fourth-order valence-corrected chi connectivity index (χ4v) is 2.95. The standard InChI is InChI=1S/C23H30F2N4O3.HI/c1-5-26-23(27-12-11-16-7-6-8-17(13-16)21(30)29(2)3)28-15-18-9-10-19(31-4)14-20(18)32-22(24)25;/h6-10,13-14,22H,5,11-12,15H2,1-4H3,(H2,26,27,28);1H. The highest BCUT2D eigenvalue weighted by Crippen LogP contribution is 2.27. The van der Waals surface area contributed by atoms with Crippen molar-refractivity contribution in [3.05, 3.63) is 59.2 Å². The Morgan fingerprint density at radius 3 is 2.55 bits per heavy atom. The van der Waals surface area contributed by atoms with Crippen LogP contribution in [0, 0.1) is 0 Å². The number of hydrogen-bond donors (Lipinski definition) is 2. The molecular weight excluding hydrogens is 545 g/mol. The van der Waals surface area contributed by atoms with Crippen LogP contribution in [-0.2, 0) is 13.0 Å². The molecule has 0 saturated heterocycles. The van der Waals surface area contributed by atoms with Gasteiger partial charge in [0.05, 0.1) is 13.7 Å². The maximum absolute atomic E-state index is 12.8. The first-order chi connectivity index (χ1) is 15.3. The Morgan fingerprint density at radius 2 is 1.91 bits per heavy atom. The molecule has 0 aliphatic carbocycles. The second kappa shape index (κ2) is 14.5. The van der Waals surface area contributed by atoms with E-state index in [2.05, 4.69) is 20.4 Å². The van der Waals surface area contributed by atoms with Crippen LogP contribution < -0.4 is 20.1 Å². The molecule has 0 unspecified atom stereocenters. The maximum atomic E-state index is 12.8. The summed E-state index contributed by atoms with van der Waals surface area (Å²) in [6.45, 7) is 0.364. The molecule has 1 amide bonds. The van der Waals surface area contributed by atoms with Gasteiger partial charge in [0.2, 0.25) is 0 Å². The molecule has 0 spiro atoms. The van der Waals surface area contributed by atoms with Gasteiger partial charge in [0.15, 0.2) is 5.96 Å². The van der Waals surface area contributed by atoms with Crippen LogP contribution >= 0.6 is 24.0 Å². The Kier molecular flexibility index (Phi) is 12.5. The molecule has 2 aromatic rings. The zero-order valence-corrected chi connectivity index (χ0v) is 21.6. The van der Waals surface area contributed by atoms with Crippen LogP contribution in [0.1, 0.15) is 28.4 Å². The molecule has 0 aliphatic heterocycles. The lowest BCUT2D eigenvalue weighted by atomic mass is 10.1. The molecule has 0 saturated carbocycles. The summed E-state index contributed by atoms with van der Waals surface area (Å²) in [4.78, 5) is 18.2. The van der Waals surface area contributed by atoms with Crippen LogP contribution in [0.4, 0.5) is 8.78 Å². The van der Waals surface area contributed by atoms with Crippen molar-refractivity contribution in [1.29, 1.82) is 0 Å². The van der Waals surface area contributed by atoms with Crippen molar-refractivity contribution in [1.82, 2.24) is 15.5 Å². The lowest BCUT2D eigenvalue weighted by Crippen LogP contribution is -2.38. The second-order valence-corrected chi connectivity index (χ2v) is 7.12. The number of alkyl halides is 2. The predicted octanol–water partition coefficient (Wildman–Crippen LogP) is 3.91. The van der Waals surface area contributed by atoms with E-state index >= 15 is 0 Å². The van der Waals surface area contributed by atoms with E-state index < -0.39 is 6.61 Å².